The van der Waals surface area contributed by atoms with E-state index in [-0.39, 0.29) is 22.4 Å². The van der Waals surface area contributed by atoms with Gasteiger partial charge in [-0.3, -0.25) is 9.52 Å². The van der Waals surface area contributed by atoms with Gasteiger partial charge in [0.1, 0.15) is 22.8 Å². The Hall–Kier alpha value is -4.36. The van der Waals surface area contributed by atoms with Crippen molar-refractivity contribution < 1.29 is 13.2 Å². The van der Waals surface area contributed by atoms with Crippen molar-refractivity contribution in [1.29, 1.82) is 0 Å². The third-order valence-corrected chi connectivity index (χ3v) is 9.79. The Morgan fingerprint density at radius 2 is 1.74 bits per heavy atom. The number of nitrogens with zero attached hydrogens (tertiary/aromatic N) is 6. The highest BCUT2D eigenvalue weighted by Gasteiger charge is 2.25. The van der Waals surface area contributed by atoms with Gasteiger partial charge in [0.15, 0.2) is 0 Å². The van der Waals surface area contributed by atoms with Gasteiger partial charge in [0.2, 0.25) is 11.0 Å². The molecule has 0 bridgehead atoms. The average Bonchev–Trinajstić information content (AvgIpc) is 3.65. The van der Waals surface area contributed by atoms with E-state index in [0.29, 0.717) is 32.6 Å². The highest BCUT2D eigenvalue weighted by atomic mass is 32.2. The van der Waals surface area contributed by atoms with E-state index in [1.165, 1.54) is 29.0 Å². The second-order valence-corrected chi connectivity index (χ2v) is 12.9. The third kappa shape index (κ3) is 5.70. The second kappa shape index (κ2) is 11.5. The number of carbonyl (C=O) groups excluding carboxylic acids is 1. The maximum absolute atomic E-state index is 13.1. The number of fused-ring (bicyclic) bond motifs is 1. The normalized spacial score (nSPS) is 14.0. The summed E-state index contributed by atoms with van der Waals surface area (Å²) in [6, 6.07) is 14.8. The number of carbonyl (C=O) groups is 1. The standard InChI is InChI=1S/C29H30N8O3S2/c1-3-24-33-34-29(41-24)35-42(39,40)22-10-6-20(7-11-22)16-25(38)36-12-14-37(15-13-36)28-26-23(17-30-27(26)31-18-32-28)21-8-4-19(2)5-9-21/h4-11,17-18H,3,12-16H2,1-2H3,(H,34,35)(H,30,31,32). The van der Waals surface area contributed by atoms with Gasteiger partial charge in [-0.2, -0.15) is 0 Å². The average molecular weight is 603 g/mol. The van der Waals surface area contributed by atoms with Crippen LogP contribution in [0.3, 0.4) is 0 Å². The number of hydrogen-bond acceptors (Lipinski definition) is 9. The van der Waals surface area contributed by atoms with Crippen LogP contribution in [-0.2, 0) is 27.7 Å². The van der Waals surface area contributed by atoms with E-state index in [1.807, 2.05) is 18.0 Å². The molecule has 0 saturated carbocycles. The predicted octanol–water partition coefficient (Wildman–Crippen LogP) is 4.04. The van der Waals surface area contributed by atoms with Crippen LogP contribution in [0.15, 0.2) is 66.0 Å². The maximum atomic E-state index is 13.1. The number of aryl methyl sites for hydroxylation is 2. The van der Waals surface area contributed by atoms with Crippen LogP contribution >= 0.6 is 11.3 Å². The number of sulfonamides is 1. The number of benzene rings is 2. The van der Waals surface area contributed by atoms with Gasteiger partial charge in [-0.15, -0.1) is 10.2 Å². The molecule has 0 aliphatic carbocycles. The molecule has 0 spiro atoms. The van der Waals surface area contributed by atoms with Crippen LogP contribution in [0.4, 0.5) is 10.9 Å². The van der Waals surface area contributed by atoms with Crippen molar-refractivity contribution >= 4 is 49.3 Å². The highest BCUT2D eigenvalue weighted by molar-refractivity contribution is 7.93. The molecule has 5 aromatic rings. The fourth-order valence-corrected chi connectivity index (χ4v) is 6.91. The maximum Gasteiger partial charge on any atom is 0.263 e. The fraction of sp³-hybridized carbons (Fsp3) is 0.276. The zero-order valence-corrected chi connectivity index (χ0v) is 24.9. The Kier molecular flexibility index (Phi) is 7.60. The minimum absolute atomic E-state index is 0.000777. The molecule has 6 rings (SSSR count). The molecule has 1 aliphatic heterocycles. The van der Waals surface area contributed by atoms with E-state index in [9.17, 15) is 13.2 Å². The van der Waals surface area contributed by atoms with Crippen LogP contribution in [0.1, 0.15) is 23.1 Å². The number of H-pyrrole nitrogens is 1. The van der Waals surface area contributed by atoms with Crippen LogP contribution in [0.25, 0.3) is 22.2 Å². The summed E-state index contributed by atoms with van der Waals surface area (Å²) in [6.07, 6.45) is 4.42. The van der Waals surface area contributed by atoms with Gasteiger partial charge >= 0.3 is 0 Å². The molecular weight excluding hydrogens is 573 g/mol. The molecule has 1 aliphatic rings. The minimum atomic E-state index is -3.80. The molecule has 0 atom stereocenters. The first kappa shape index (κ1) is 27.8. The van der Waals surface area contributed by atoms with Gasteiger partial charge in [0, 0.05) is 37.9 Å². The number of nitrogens with one attached hydrogen (secondary N) is 2. The Bertz CT molecular complexity index is 1830. The number of rotatable bonds is 8. The molecule has 42 heavy (non-hydrogen) atoms. The zero-order chi connectivity index (χ0) is 29.3. The zero-order valence-electron chi connectivity index (χ0n) is 23.2. The van der Waals surface area contributed by atoms with Gasteiger partial charge in [0.25, 0.3) is 10.0 Å². The fourth-order valence-electron chi connectivity index (χ4n) is 5.00. The van der Waals surface area contributed by atoms with E-state index in [1.54, 1.807) is 18.5 Å². The Labute approximate surface area is 247 Å². The molecule has 216 valence electrons. The van der Waals surface area contributed by atoms with Crippen molar-refractivity contribution in [2.45, 2.75) is 31.6 Å². The summed E-state index contributed by atoms with van der Waals surface area (Å²) >= 11 is 1.21. The molecular formula is C29H30N8O3S2. The molecule has 0 unspecified atom stereocenters. The summed E-state index contributed by atoms with van der Waals surface area (Å²) in [6.45, 7) is 6.41. The van der Waals surface area contributed by atoms with Crippen molar-refractivity contribution in [2.24, 2.45) is 0 Å². The molecule has 2 N–H and O–H groups in total. The molecule has 4 heterocycles. The van der Waals surface area contributed by atoms with E-state index in [2.05, 4.69) is 66.0 Å². The molecule has 3 aromatic heterocycles. The molecule has 0 radical (unpaired) electrons. The van der Waals surface area contributed by atoms with Crippen molar-refractivity contribution in [3.8, 4) is 11.1 Å². The van der Waals surface area contributed by atoms with Crippen LogP contribution < -0.4 is 9.62 Å². The van der Waals surface area contributed by atoms with Crippen molar-refractivity contribution in [3.63, 3.8) is 0 Å². The molecule has 11 nitrogen and oxygen atoms in total. The first-order chi connectivity index (χ1) is 20.3. The Balaban J connectivity index is 1.09. The van der Waals surface area contributed by atoms with E-state index in [4.69, 9.17) is 0 Å². The van der Waals surface area contributed by atoms with Crippen LogP contribution in [0.2, 0.25) is 0 Å². The van der Waals surface area contributed by atoms with Crippen molar-refractivity contribution in [3.05, 3.63) is 77.2 Å². The lowest BCUT2D eigenvalue weighted by atomic mass is 10.0. The van der Waals surface area contributed by atoms with Gasteiger partial charge in [-0.25, -0.2) is 18.4 Å². The number of piperazine rings is 1. The number of amides is 1. The minimum Gasteiger partial charge on any atom is -0.352 e. The predicted molar refractivity (Wildman–Crippen MR) is 163 cm³/mol. The molecule has 2 aromatic carbocycles. The summed E-state index contributed by atoms with van der Waals surface area (Å²) < 4.78 is 28.0. The smallest absolute Gasteiger partial charge is 0.263 e. The third-order valence-electron chi connectivity index (χ3n) is 7.32. The number of anilines is 2. The summed E-state index contributed by atoms with van der Waals surface area (Å²) in [7, 11) is -3.80. The van der Waals surface area contributed by atoms with E-state index >= 15 is 0 Å². The lowest BCUT2D eigenvalue weighted by Crippen LogP contribution is -2.49. The quantitative estimate of drug-likeness (QED) is 0.272. The first-order valence-electron chi connectivity index (χ1n) is 13.7. The molecule has 13 heteroatoms. The number of aromatic amines is 1. The topological polar surface area (TPSA) is 137 Å². The van der Waals surface area contributed by atoms with E-state index in [0.717, 1.165) is 38.5 Å². The lowest BCUT2D eigenvalue weighted by Gasteiger charge is -2.35. The summed E-state index contributed by atoms with van der Waals surface area (Å²) in [4.78, 5) is 29.6. The van der Waals surface area contributed by atoms with Gasteiger partial charge in [0.05, 0.1) is 16.7 Å². The first-order valence-corrected chi connectivity index (χ1v) is 16.0. The Morgan fingerprint density at radius 1 is 1.00 bits per heavy atom. The summed E-state index contributed by atoms with van der Waals surface area (Å²) in [5.41, 5.74) is 4.87. The SMILES string of the molecule is CCc1nnc(NS(=O)(=O)c2ccc(CC(=O)N3CCN(c4ncnc5[nH]cc(-c6ccc(C)cc6)c45)CC3)cc2)s1. The van der Waals surface area contributed by atoms with Gasteiger partial charge < -0.3 is 14.8 Å². The summed E-state index contributed by atoms with van der Waals surface area (Å²) in [5, 5.41) is 9.78. The van der Waals surface area contributed by atoms with Crippen molar-refractivity contribution in [1.82, 2.24) is 30.0 Å². The van der Waals surface area contributed by atoms with Crippen LogP contribution in [0, 0.1) is 6.92 Å². The van der Waals surface area contributed by atoms with Gasteiger partial charge in [-0.1, -0.05) is 60.2 Å². The highest BCUT2D eigenvalue weighted by Crippen LogP contribution is 2.34. The van der Waals surface area contributed by atoms with Crippen LogP contribution in [-0.4, -0.2) is 70.6 Å². The number of aromatic nitrogens is 5. The largest absolute Gasteiger partial charge is 0.352 e. The van der Waals surface area contributed by atoms with Crippen LogP contribution in [0.5, 0.6) is 0 Å². The lowest BCUT2D eigenvalue weighted by molar-refractivity contribution is -0.130. The van der Waals surface area contributed by atoms with E-state index < -0.39 is 10.0 Å². The van der Waals surface area contributed by atoms with Crippen molar-refractivity contribution in [2.75, 3.05) is 35.8 Å². The molecule has 1 fully saturated rings. The molecule has 1 amide bonds. The second-order valence-electron chi connectivity index (χ2n) is 10.1. The van der Waals surface area contributed by atoms with Gasteiger partial charge in [-0.05, 0) is 36.6 Å². The Morgan fingerprint density at radius 3 is 2.43 bits per heavy atom. The monoisotopic (exact) mass is 602 g/mol. The number of hydrogen-bond donors (Lipinski definition) is 2. The summed E-state index contributed by atoms with van der Waals surface area (Å²) in [5.74, 6) is 0.855. The molecule has 1 saturated heterocycles.